The molecule has 4 N–H and O–H groups in total. The number of thioether (sulfide) groups is 1. The summed E-state index contributed by atoms with van der Waals surface area (Å²) in [5, 5.41) is 21.3. The quantitative estimate of drug-likeness (QED) is 0.470. The molecule has 13 heavy (non-hydrogen) atoms. The maximum Gasteiger partial charge on any atom is 0.138 e. The minimum absolute atomic E-state index is 0.883. The Morgan fingerprint density at radius 3 is 2.38 bits per heavy atom. The third kappa shape index (κ3) is 2.83. The minimum Gasteiger partial charge on any atom is -0.274 e. The summed E-state index contributed by atoms with van der Waals surface area (Å²) in [4.78, 5) is 2.70. The molecule has 1 rings (SSSR count). The van der Waals surface area contributed by atoms with E-state index in [1.54, 1.807) is 0 Å². The third-order valence-corrected chi connectivity index (χ3v) is 3.24. The highest BCUT2D eigenvalue weighted by Crippen LogP contribution is 2.29. The molecule has 0 atom stereocenters. The van der Waals surface area contributed by atoms with Crippen molar-refractivity contribution in [2.45, 2.75) is 14.7 Å². The van der Waals surface area contributed by atoms with E-state index in [-0.39, 0.29) is 0 Å². The molecular formula is C7H7N3S3. The van der Waals surface area contributed by atoms with E-state index in [0.717, 1.165) is 50.3 Å². The van der Waals surface area contributed by atoms with Gasteiger partial charge >= 0.3 is 0 Å². The summed E-state index contributed by atoms with van der Waals surface area (Å²) in [5.41, 5.74) is 0. The monoisotopic (exact) mass is 229 g/mol. The highest BCUT2D eigenvalue weighted by molar-refractivity contribution is 8.03. The Labute approximate surface area is 89.5 Å². The fraction of sp³-hybridized carbons (Fsp3) is 0. The predicted octanol–water partition coefficient (Wildman–Crippen LogP) is 2.19. The number of nitrogens with two attached hydrogens (primary N) is 2. The van der Waals surface area contributed by atoms with Crippen molar-refractivity contribution in [1.29, 1.82) is 5.26 Å². The molecule has 0 aromatic heterocycles. The van der Waals surface area contributed by atoms with Gasteiger partial charge in [-0.15, -0.1) is 0 Å². The Kier molecular flexibility index (Phi) is 4.48. The summed E-state index contributed by atoms with van der Waals surface area (Å²) in [6, 6.07) is 5.57. The standard InChI is InChI=1S/C7H7N3S3/c8-4-11-5-1-2-6(12-9)7(3-5)13-10/h1-3H,9-10H2. The molecule has 0 saturated heterocycles. The van der Waals surface area contributed by atoms with Crippen LogP contribution < -0.4 is 10.3 Å². The average Bonchev–Trinajstić information content (AvgIpc) is 2.18. The lowest BCUT2D eigenvalue weighted by Gasteiger charge is -2.03. The van der Waals surface area contributed by atoms with Crippen LogP contribution in [0.2, 0.25) is 0 Å². The maximum atomic E-state index is 8.45. The molecule has 0 amide bonds. The molecule has 0 aliphatic rings. The first kappa shape index (κ1) is 10.8. The zero-order chi connectivity index (χ0) is 9.68. The van der Waals surface area contributed by atoms with Gasteiger partial charge < -0.3 is 0 Å². The van der Waals surface area contributed by atoms with E-state index in [4.69, 9.17) is 15.5 Å². The summed E-state index contributed by atoms with van der Waals surface area (Å²) in [7, 11) is 0. The van der Waals surface area contributed by atoms with E-state index >= 15 is 0 Å². The molecule has 0 heterocycles. The molecule has 0 aliphatic carbocycles. The van der Waals surface area contributed by atoms with Crippen LogP contribution in [0.1, 0.15) is 0 Å². The van der Waals surface area contributed by atoms with Crippen LogP contribution in [0.25, 0.3) is 0 Å². The van der Waals surface area contributed by atoms with Crippen LogP contribution in [0.3, 0.4) is 0 Å². The molecule has 68 valence electrons. The topological polar surface area (TPSA) is 75.8 Å². The Bertz CT molecular complexity index is 334. The van der Waals surface area contributed by atoms with Gasteiger partial charge in [0.05, 0.1) is 0 Å². The first-order chi connectivity index (χ1) is 6.31. The number of hydrogen-bond acceptors (Lipinski definition) is 6. The smallest absolute Gasteiger partial charge is 0.138 e. The molecule has 0 saturated carbocycles. The van der Waals surface area contributed by atoms with Gasteiger partial charge in [-0.2, -0.15) is 5.26 Å². The first-order valence-electron chi connectivity index (χ1n) is 3.25. The van der Waals surface area contributed by atoms with Crippen molar-refractivity contribution >= 4 is 35.7 Å². The minimum atomic E-state index is 0.883. The maximum absolute atomic E-state index is 8.45. The Hall–Kier alpha value is -0.320. The van der Waals surface area contributed by atoms with Gasteiger partial charge in [0.15, 0.2) is 0 Å². The molecule has 1 aromatic carbocycles. The fourth-order valence-corrected chi connectivity index (χ4v) is 2.28. The van der Waals surface area contributed by atoms with E-state index in [1.165, 1.54) is 0 Å². The van der Waals surface area contributed by atoms with Crippen molar-refractivity contribution in [2.24, 2.45) is 10.3 Å². The largest absolute Gasteiger partial charge is 0.274 e. The van der Waals surface area contributed by atoms with Gasteiger partial charge in [-0.1, -0.05) is 0 Å². The molecular weight excluding hydrogens is 222 g/mol. The van der Waals surface area contributed by atoms with E-state index in [2.05, 4.69) is 0 Å². The zero-order valence-electron chi connectivity index (χ0n) is 6.56. The number of benzene rings is 1. The Morgan fingerprint density at radius 2 is 1.85 bits per heavy atom. The van der Waals surface area contributed by atoms with Gasteiger partial charge in [0.1, 0.15) is 5.40 Å². The van der Waals surface area contributed by atoms with E-state index in [1.807, 2.05) is 23.6 Å². The number of rotatable bonds is 3. The van der Waals surface area contributed by atoms with Crippen molar-refractivity contribution in [3.05, 3.63) is 18.2 Å². The van der Waals surface area contributed by atoms with Crippen molar-refractivity contribution in [1.82, 2.24) is 0 Å². The third-order valence-electron chi connectivity index (χ3n) is 1.33. The van der Waals surface area contributed by atoms with Crippen LogP contribution in [0.5, 0.6) is 0 Å². The molecule has 0 radical (unpaired) electrons. The SMILES string of the molecule is N#CSc1ccc(SN)c(SN)c1. The second kappa shape index (κ2) is 5.42. The van der Waals surface area contributed by atoms with Crippen molar-refractivity contribution in [3.63, 3.8) is 0 Å². The van der Waals surface area contributed by atoms with Crippen LogP contribution in [-0.4, -0.2) is 0 Å². The molecule has 0 fully saturated rings. The Balaban J connectivity index is 3.00. The normalized spacial score (nSPS) is 9.62. The summed E-state index contributed by atoms with van der Waals surface area (Å²) in [6.45, 7) is 0. The summed E-state index contributed by atoms with van der Waals surface area (Å²) < 4.78 is 0. The van der Waals surface area contributed by atoms with Crippen LogP contribution in [-0.2, 0) is 0 Å². The van der Waals surface area contributed by atoms with E-state index in [9.17, 15) is 0 Å². The highest BCUT2D eigenvalue weighted by atomic mass is 32.2. The summed E-state index contributed by atoms with van der Waals surface area (Å²) in [5.74, 6) is 0. The highest BCUT2D eigenvalue weighted by Gasteiger charge is 2.02. The van der Waals surface area contributed by atoms with Gasteiger partial charge in [0, 0.05) is 14.7 Å². The van der Waals surface area contributed by atoms with Gasteiger partial charge in [0.25, 0.3) is 0 Å². The van der Waals surface area contributed by atoms with E-state index < -0.39 is 0 Å². The molecule has 6 heteroatoms. The molecule has 0 bridgehead atoms. The second-order valence-electron chi connectivity index (χ2n) is 2.04. The van der Waals surface area contributed by atoms with Crippen molar-refractivity contribution < 1.29 is 0 Å². The van der Waals surface area contributed by atoms with Crippen molar-refractivity contribution in [3.8, 4) is 5.40 Å². The van der Waals surface area contributed by atoms with E-state index in [0.29, 0.717) is 0 Å². The molecule has 0 unspecified atom stereocenters. The molecule has 0 spiro atoms. The van der Waals surface area contributed by atoms with Crippen LogP contribution in [0, 0.1) is 10.7 Å². The first-order valence-corrected chi connectivity index (χ1v) is 5.83. The zero-order valence-corrected chi connectivity index (χ0v) is 9.01. The van der Waals surface area contributed by atoms with Gasteiger partial charge in [-0.05, 0) is 53.9 Å². The fourth-order valence-electron chi connectivity index (χ4n) is 0.794. The van der Waals surface area contributed by atoms with Crippen LogP contribution >= 0.6 is 35.7 Å². The number of nitrogens with zero attached hydrogens (tertiary/aromatic N) is 1. The van der Waals surface area contributed by atoms with Gasteiger partial charge in [0.2, 0.25) is 0 Å². The van der Waals surface area contributed by atoms with Gasteiger partial charge in [-0.3, -0.25) is 10.3 Å². The summed E-state index contributed by atoms with van der Waals surface area (Å²) >= 11 is 3.40. The van der Waals surface area contributed by atoms with Gasteiger partial charge in [-0.25, -0.2) is 0 Å². The van der Waals surface area contributed by atoms with Crippen LogP contribution in [0.15, 0.2) is 32.9 Å². The lowest BCUT2D eigenvalue weighted by Crippen LogP contribution is -1.87. The number of hydrogen-bond donors (Lipinski definition) is 2. The lowest BCUT2D eigenvalue weighted by molar-refractivity contribution is 1.19. The predicted molar refractivity (Wildman–Crippen MR) is 58.0 cm³/mol. The molecule has 0 aliphatic heterocycles. The summed E-state index contributed by atoms with van der Waals surface area (Å²) in [6.07, 6.45) is 0. The molecule has 1 aromatic rings. The lowest BCUT2D eigenvalue weighted by atomic mass is 10.4. The number of nitriles is 1. The van der Waals surface area contributed by atoms with Crippen LogP contribution in [0.4, 0.5) is 0 Å². The number of thiocyanates is 1. The second-order valence-corrected chi connectivity index (χ2v) is 4.25. The Morgan fingerprint density at radius 1 is 1.15 bits per heavy atom. The average molecular weight is 229 g/mol. The molecule has 3 nitrogen and oxygen atoms in total. The van der Waals surface area contributed by atoms with Crippen molar-refractivity contribution in [2.75, 3.05) is 0 Å².